The van der Waals surface area contributed by atoms with Gasteiger partial charge in [-0.2, -0.15) is 0 Å². The molecule has 124 heavy (non-hydrogen) atoms. The molecule has 0 aromatic heterocycles. The molecule has 20 fully saturated rings. The Morgan fingerprint density at radius 1 is 0.258 bits per heavy atom. The van der Waals surface area contributed by atoms with E-state index in [1.165, 1.54) is 91.3 Å². The molecular weight excluding hydrogens is 1590 g/mol. The van der Waals surface area contributed by atoms with Crippen molar-refractivity contribution >= 4 is 41.8 Å². The van der Waals surface area contributed by atoms with Crippen LogP contribution in [0.3, 0.4) is 0 Å². The third-order valence-corrected chi connectivity index (χ3v) is 31.1. The summed E-state index contributed by atoms with van der Waals surface area (Å²) in [4.78, 5) is 85.7. The van der Waals surface area contributed by atoms with Crippen molar-refractivity contribution in [3.05, 3.63) is 0 Å². The highest BCUT2D eigenvalue weighted by Crippen LogP contribution is 2.65. The smallest absolute Gasteiger partial charge is 0.344 e. The molecule has 0 aliphatic heterocycles. The molecule has 20 bridgehead atoms. The molecule has 0 radical (unpaired) electrons. The van der Waals surface area contributed by atoms with Crippen LogP contribution in [0.15, 0.2) is 0 Å². The lowest BCUT2D eigenvalue weighted by molar-refractivity contribution is -0.288. The minimum Gasteiger partial charge on any atom is -0.459 e. The van der Waals surface area contributed by atoms with Crippen molar-refractivity contribution in [2.75, 3.05) is 108 Å². The molecule has 718 valence electrons. The van der Waals surface area contributed by atoms with Crippen molar-refractivity contribution in [3.8, 4) is 0 Å². The highest BCUT2D eigenvalue weighted by Gasteiger charge is 2.67. The van der Waals surface area contributed by atoms with E-state index in [2.05, 4.69) is 32.8 Å². The van der Waals surface area contributed by atoms with Gasteiger partial charge in [-0.05, 0) is 352 Å². The van der Waals surface area contributed by atoms with E-state index in [4.69, 9.17) is 63.1 Å². The van der Waals surface area contributed by atoms with Crippen molar-refractivity contribution in [2.45, 2.75) is 368 Å². The summed E-state index contributed by atoms with van der Waals surface area (Å²) in [5, 5.41) is 49.7. The maximum absolute atomic E-state index is 12.8. The summed E-state index contributed by atoms with van der Waals surface area (Å²) in [6.07, 6.45) is 37.8. The highest BCUT2D eigenvalue weighted by atomic mass is 16.6. The van der Waals surface area contributed by atoms with Crippen molar-refractivity contribution in [3.63, 3.8) is 0 Å². The van der Waals surface area contributed by atoms with E-state index >= 15 is 0 Å². The zero-order valence-corrected chi connectivity index (χ0v) is 80.1. The van der Waals surface area contributed by atoms with Gasteiger partial charge in [0.05, 0.1) is 91.1 Å². The average molecular weight is 1760 g/mol. The fourth-order valence-electron chi connectivity index (χ4n) is 24.9. The van der Waals surface area contributed by atoms with Gasteiger partial charge in [0, 0.05) is 47.7 Å². The van der Waals surface area contributed by atoms with Crippen molar-refractivity contribution in [2.24, 2.45) is 104 Å². The van der Waals surface area contributed by atoms with Gasteiger partial charge < -0.3 is 92.2 Å². The summed E-state index contributed by atoms with van der Waals surface area (Å²) in [7, 11) is 5.96. The molecule has 20 saturated carbocycles. The van der Waals surface area contributed by atoms with Gasteiger partial charge in [-0.25, -0.2) is 9.59 Å². The van der Waals surface area contributed by atoms with E-state index in [-0.39, 0.29) is 141 Å². The van der Waals surface area contributed by atoms with E-state index < -0.39 is 33.0 Å². The SMILES string of the molecule is CCC(C)(C)C(=O)OC12CC3CC(CC(C3)C1)C2.CCC(C)(C)C(=O)OC12CC3CC(CC(C3)C1)C2.CCC(C)(C)C(=O)OC12CC3CC(OCCO)(CC(OCCO)(C3)C1)C2.CCC(C)(C)C(=O)OCC(=O)OC12CC3CC(CC(C3)C1)C2.CCC(C)(C)C(=O)OCC(=O)OC12CC3CC(CC(C3)C1)C2.COCCO.COCCO.COCO.COCO. The largest absolute Gasteiger partial charge is 0.459 e. The number of hydrogen-bond donors (Lipinski definition) is 6. The van der Waals surface area contributed by atoms with Crippen LogP contribution in [0.25, 0.3) is 0 Å². The first kappa shape index (κ1) is 107. The second-order valence-electron chi connectivity index (χ2n) is 43.8. The lowest BCUT2D eigenvalue weighted by atomic mass is 9.50. The van der Waals surface area contributed by atoms with Gasteiger partial charge in [-0.15, -0.1) is 0 Å². The number of rotatable bonds is 31. The first-order valence-corrected chi connectivity index (χ1v) is 47.7. The van der Waals surface area contributed by atoms with Gasteiger partial charge in [0.25, 0.3) is 0 Å². The molecule has 0 aromatic rings. The second kappa shape index (κ2) is 46.7. The fourth-order valence-corrected chi connectivity index (χ4v) is 24.9. The van der Waals surface area contributed by atoms with Gasteiger partial charge in [0.15, 0.2) is 13.2 Å². The second-order valence-corrected chi connectivity index (χ2v) is 43.8. The van der Waals surface area contributed by atoms with Crippen LogP contribution < -0.4 is 0 Å². The molecule has 6 N–H and O–H groups in total. The van der Waals surface area contributed by atoms with Crippen LogP contribution in [0, 0.1) is 104 Å². The number of carbonyl (C=O) groups excluding carboxylic acids is 7. The summed E-state index contributed by atoms with van der Waals surface area (Å²) in [5.41, 5.74) is -4.25. The Morgan fingerprint density at radius 2 is 0.444 bits per heavy atom. The molecule has 0 amide bonds. The third-order valence-electron chi connectivity index (χ3n) is 31.1. The van der Waals surface area contributed by atoms with Crippen LogP contribution in [0.1, 0.15) is 329 Å². The standard InChI is InChI=1S/C20H34O6.2C18H28O4.2C16H26O2.2C3H8O2.2C2H6O2/c1-4-17(2,3)16(23)26-20-11-15-9-18(13-20,24-7-5-21)12-19(10-15,14-20)25-8-6-22;2*1-4-17(2,3)16(20)21-11-15(19)22-18-8-12-5-13(9-18)7-14(6-12)10-18;2*1-4-15(2,3)14(17)18-16-8-11-5-12(9-16)7-13(6-11)10-16;2*1-5-3-2-4;2*1-4-2-3/h15,21-22H,4-14H2,1-3H3;2*12-14H,4-11H2,1-3H3;2*11-13H,4-10H2,1-3H3;2*4H,2-3H2,1H3;2*3H,2H2,1H3. The Balaban J connectivity index is 0.000000203. The van der Waals surface area contributed by atoms with E-state index in [0.717, 1.165) is 193 Å². The number of aliphatic hydroxyl groups is 6. The zero-order valence-electron chi connectivity index (χ0n) is 80.1. The molecule has 26 heteroatoms. The zero-order chi connectivity index (χ0) is 92.0. The molecule has 20 aliphatic carbocycles. The Bertz CT molecular complexity index is 2980. The topological polar surface area (TPSA) is 361 Å². The number of ether oxygens (including phenoxy) is 13. The summed E-state index contributed by atoms with van der Waals surface area (Å²) in [5.74, 6) is 8.37. The van der Waals surface area contributed by atoms with E-state index in [0.29, 0.717) is 44.8 Å². The highest BCUT2D eigenvalue weighted by molar-refractivity contribution is 5.81. The Labute approximate surface area is 743 Å². The van der Waals surface area contributed by atoms with E-state index in [1.807, 2.05) is 90.0 Å². The molecule has 0 aromatic carbocycles. The Morgan fingerprint density at radius 3 is 0.637 bits per heavy atom. The van der Waals surface area contributed by atoms with Crippen LogP contribution in [-0.2, 0) is 95.1 Å². The molecule has 26 nitrogen and oxygen atoms in total. The minimum absolute atomic E-state index is 0.0213. The molecule has 0 spiro atoms. The van der Waals surface area contributed by atoms with Crippen LogP contribution in [0.2, 0.25) is 0 Å². The van der Waals surface area contributed by atoms with Gasteiger partial charge in [0.1, 0.15) is 41.6 Å². The van der Waals surface area contributed by atoms with Crippen LogP contribution >= 0.6 is 0 Å². The minimum atomic E-state index is -0.562. The lowest BCUT2D eigenvalue weighted by Crippen LogP contribution is -2.68. The van der Waals surface area contributed by atoms with Crippen molar-refractivity contribution < 1.29 is 126 Å². The van der Waals surface area contributed by atoms with E-state index in [1.54, 1.807) is 14.2 Å². The molecule has 0 saturated heterocycles. The normalized spacial score (nSPS) is 34.3. The van der Waals surface area contributed by atoms with Gasteiger partial charge in [0.2, 0.25) is 0 Å². The summed E-state index contributed by atoms with van der Waals surface area (Å²) in [6.45, 7) is 30.0. The molecular formula is C98H170O26. The third kappa shape index (κ3) is 29.7. The van der Waals surface area contributed by atoms with Crippen molar-refractivity contribution in [1.29, 1.82) is 0 Å². The quantitative estimate of drug-likeness (QED) is 0.0213. The number of aliphatic hydroxyl groups excluding tert-OH is 6. The van der Waals surface area contributed by atoms with Gasteiger partial charge in [-0.1, -0.05) is 34.6 Å². The predicted molar refractivity (Wildman–Crippen MR) is 468 cm³/mol. The lowest BCUT2D eigenvalue weighted by Gasteiger charge is -2.65. The Kier molecular flexibility index (Phi) is 40.3. The number of methoxy groups -OCH3 is 4. The number of hydrogen-bond acceptors (Lipinski definition) is 26. The summed E-state index contributed by atoms with van der Waals surface area (Å²) < 4.78 is 69.6. The number of esters is 7. The number of carbonyl (C=O) groups is 7. The molecule has 0 heterocycles. The van der Waals surface area contributed by atoms with Crippen LogP contribution in [0.4, 0.5) is 0 Å². The Hall–Kier alpha value is -4.19. The molecule has 20 aliphatic rings. The van der Waals surface area contributed by atoms with Gasteiger partial charge >= 0.3 is 41.8 Å². The summed E-state index contributed by atoms with van der Waals surface area (Å²) >= 11 is 0. The van der Waals surface area contributed by atoms with Crippen LogP contribution in [-0.4, -0.2) is 220 Å². The molecule has 2 atom stereocenters. The first-order valence-electron chi connectivity index (χ1n) is 47.7. The van der Waals surface area contributed by atoms with Gasteiger partial charge in [-0.3, -0.25) is 24.0 Å². The molecule has 20 rings (SSSR count). The maximum atomic E-state index is 12.8. The first-order chi connectivity index (χ1) is 58.4. The van der Waals surface area contributed by atoms with Crippen LogP contribution in [0.5, 0.6) is 0 Å². The molecule has 2 unspecified atom stereocenters. The van der Waals surface area contributed by atoms with E-state index in [9.17, 15) is 43.8 Å². The predicted octanol–water partition coefficient (Wildman–Crippen LogP) is 15.4. The fraction of sp³-hybridized carbons (Fsp3) is 0.929. The van der Waals surface area contributed by atoms with Crippen molar-refractivity contribution in [1.82, 2.24) is 0 Å². The maximum Gasteiger partial charge on any atom is 0.344 e. The average Bonchev–Trinajstić information content (AvgIpc) is 0.699. The monoisotopic (exact) mass is 1760 g/mol. The summed E-state index contributed by atoms with van der Waals surface area (Å²) in [6, 6.07) is 0.